The Bertz CT molecular complexity index is 762. The first kappa shape index (κ1) is 17.6. The first-order valence-corrected chi connectivity index (χ1v) is 9.44. The Balaban J connectivity index is 1.53. The molecule has 2 aromatic rings. The highest BCUT2D eigenvalue weighted by molar-refractivity contribution is 5.59. The Hall–Kier alpha value is -1.79. The van der Waals surface area contributed by atoms with Crippen molar-refractivity contribution < 1.29 is 13.5 Å². The summed E-state index contributed by atoms with van der Waals surface area (Å²) in [5.41, 5.74) is 0.423. The summed E-state index contributed by atoms with van der Waals surface area (Å²) in [4.78, 5) is 6.83. The van der Waals surface area contributed by atoms with Crippen molar-refractivity contribution in [1.82, 2.24) is 14.5 Å². The molecule has 2 aliphatic rings. The predicted molar refractivity (Wildman–Crippen MR) is 96.0 cm³/mol. The highest BCUT2D eigenvalue weighted by atomic mass is 19.1. The molecule has 1 aromatic carbocycles. The number of nitrogens with zero attached hydrogens (tertiary/aromatic N) is 3. The van der Waals surface area contributed by atoms with Crippen LogP contribution in [0.5, 0.6) is 0 Å². The summed E-state index contributed by atoms with van der Waals surface area (Å²) in [5.74, 6) is -0.675. The molecule has 6 heteroatoms. The van der Waals surface area contributed by atoms with Crippen LogP contribution in [-0.4, -0.2) is 46.8 Å². The molecule has 26 heavy (non-hydrogen) atoms. The van der Waals surface area contributed by atoms with Crippen molar-refractivity contribution in [2.24, 2.45) is 0 Å². The van der Waals surface area contributed by atoms with Crippen LogP contribution in [0.1, 0.15) is 37.3 Å². The van der Waals surface area contributed by atoms with Gasteiger partial charge in [0.05, 0.1) is 5.56 Å². The molecule has 140 valence electrons. The SMILES string of the molecule is Cc1ccc(F)c(-c2nccn2C2CCN(C3CCOCC3)CC2)c1F. The summed E-state index contributed by atoms with van der Waals surface area (Å²) in [6.07, 6.45) is 7.62. The van der Waals surface area contributed by atoms with Gasteiger partial charge in [0.1, 0.15) is 17.5 Å². The monoisotopic (exact) mass is 361 g/mol. The minimum atomic E-state index is -0.555. The van der Waals surface area contributed by atoms with Gasteiger partial charge in [-0.15, -0.1) is 0 Å². The van der Waals surface area contributed by atoms with Crippen molar-refractivity contribution in [3.63, 3.8) is 0 Å². The lowest BCUT2D eigenvalue weighted by Crippen LogP contribution is -2.44. The zero-order valence-corrected chi connectivity index (χ0v) is 15.1. The van der Waals surface area contributed by atoms with Gasteiger partial charge in [0.15, 0.2) is 0 Å². The van der Waals surface area contributed by atoms with E-state index in [4.69, 9.17) is 4.74 Å². The molecular formula is C20H25F2N3O. The van der Waals surface area contributed by atoms with E-state index in [0.29, 0.717) is 17.4 Å². The lowest BCUT2D eigenvalue weighted by atomic mass is 9.99. The predicted octanol–water partition coefficient (Wildman–Crippen LogP) is 3.95. The first-order chi connectivity index (χ1) is 12.6. The van der Waals surface area contributed by atoms with Crippen molar-refractivity contribution >= 4 is 0 Å². The van der Waals surface area contributed by atoms with Gasteiger partial charge in [0.2, 0.25) is 0 Å². The van der Waals surface area contributed by atoms with Crippen LogP contribution in [0.15, 0.2) is 24.5 Å². The van der Waals surface area contributed by atoms with Crippen molar-refractivity contribution in [1.29, 1.82) is 0 Å². The number of ether oxygens (including phenoxy) is 1. The molecule has 0 aliphatic carbocycles. The second kappa shape index (κ2) is 7.45. The molecule has 1 aromatic heterocycles. The van der Waals surface area contributed by atoms with E-state index in [9.17, 15) is 8.78 Å². The third-order valence-corrected chi connectivity index (χ3v) is 5.78. The van der Waals surface area contributed by atoms with Gasteiger partial charge in [-0.3, -0.25) is 0 Å². The van der Waals surface area contributed by atoms with Gasteiger partial charge in [-0.2, -0.15) is 0 Å². The Kier molecular flexibility index (Phi) is 5.05. The van der Waals surface area contributed by atoms with Crippen LogP contribution >= 0.6 is 0 Å². The zero-order chi connectivity index (χ0) is 18.1. The highest BCUT2D eigenvalue weighted by Gasteiger charge is 2.29. The molecule has 0 unspecified atom stereocenters. The molecule has 0 bridgehead atoms. The summed E-state index contributed by atoms with van der Waals surface area (Å²) < 4.78 is 36.3. The quantitative estimate of drug-likeness (QED) is 0.829. The molecule has 0 N–H and O–H groups in total. The van der Waals surface area contributed by atoms with Crippen LogP contribution in [-0.2, 0) is 4.74 Å². The molecule has 4 nitrogen and oxygen atoms in total. The Morgan fingerprint density at radius 2 is 1.77 bits per heavy atom. The highest BCUT2D eigenvalue weighted by Crippen LogP contribution is 2.33. The second-order valence-corrected chi connectivity index (χ2v) is 7.32. The fourth-order valence-electron chi connectivity index (χ4n) is 4.24. The number of benzene rings is 1. The number of imidazole rings is 1. The molecule has 0 radical (unpaired) electrons. The van der Waals surface area contributed by atoms with Crippen LogP contribution in [0.3, 0.4) is 0 Å². The molecule has 0 atom stereocenters. The number of aromatic nitrogens is 2. The van der Waals surface area contributed by atoms with Gasteiger partial charge in [0, 0.05) is 50.8 Å². The summed E-state index contributed by atoms with van der Waals surface area (Å²) in [7, 11) is 0. The minimum absolute atomic E-state index is 0.0122. The number of halogens is 2. The normalized spacial score (nSPS) is 20.6. The fourth-order valence-corrected chi connectivity index (χ4v) is 4.24. The molecule has 2 fully saturated rings. The van der Waals surface area contributed by atoms with Gasteiger partial charge in [-0.25, -0.2) is 13.8 Å². The summed E-state index contributed by atoms with van der Waals surface area (Å²) in [6, 6.07) is 3.62. The number of aryl methyl sites for hydroxylation is 1. The summed E-state index contributed by atoms with van der Waals surface area (Å²) >= 11 is 0. The summed E-state index contributed by atoms with van der Waals surface area (Å²) in [6.45, 7) is 5.36. The van der Waals surface area contributed by atoms with E-state index in [1.165, 1.54) is 12.1 Å². The van der Waals surface area contributed by atoms with Gasteiger partial charge < -0.3 is 14.2 Å². The van der Waals surface area contributed by atoms with Crippen molar-refractivity contribution in [3.05, 3.63) is 41.7 Å². The van der Waals surface area contributed by atoms with Gasteiger partial charge >= 0.3 is 0 Å². The third kappa shape index (κ3) is 3.28. The summed E-state index contributed by atoms with van der Waals surface area (Å²) in [5, 5.41) is 0. The lowest BCUT2D eigenvalue weighted by Gasteiger charge is -2.39. The van der Waals surface area contributed by atoms with Crippen molar-refractivity contribution in [2.75, 3.05) is 26.3 Å². The molecule has 0 spiro atoms. The molecule has 0 saturated carbocycles. The van der Waals surface area contributed by atoms with Crippen LogP contribution in [0.4, 0.5) is 8.78 Å². The number of rotatable bonds is 3. The average molecular weight is 361 g/mol. The molecule has 3 heterocycles. The van der Waals surface area contributed by atoms with Crippen molar-refractivity contribution in [3.8, 4) is 11.4 Å². The van der Waals surface area contributed by atoms with Crippen molar-refractivity contribution in [2.45, 2.75) is 44.7 Å². The van der Waals surface area contributed by atoms with E-state index in [1.54, 1.807) is 13.1 Å². The fraction of sp³-hybridized carbons (Fsp3) is 0.550. The Morgan fingerprint density at radius 3 is 2.50 bits per heavy atom. The van der Waals surface area contributed by atoms with Gasteiger partial charge in [-0.05, 0) is 44.2 Å². The van der Waals surface area contributed by atoms with Crippen LogP contribution < -0.4 is 0 Å². The molecular weight excluding hydrogens is 336 g/mol. The molecule has 2 aliphatic heterocycles. The largest absolute Gasteiger partial charge is 0.381 e. The molecule has 4 rings (SSSR count). The van der Waals surface area contributed by atoms with E-state index in [-0.39, 0.29) is 11.6 Å². The number of hydrogen-bond donors (Lipinski definition) is 0. The smallest absolute Gasteiger partial charge is 0.146 e. The maximum atomic E-state index is 14.6. The average Bonchev–Trinajstić information content (AvgIpc) is 3.15. The number of piperidine rings is 1. The van der Waals surface area contributed by atoms with Gasteiger partial charge in [-0.1, -0.05) is 6.07 Å². The Labute approximate surface area is 152 Å². The zero-order valence-electron chi connectivity index (χ0n) is 15.1. The molecule has 2 saturated heterocycles. The van der Waals surface area contributed by atoms with E-state index >= 15 is 0 Å². The van der Waals surface area contributed by atoms with E-state index in [1.807, 2.05) is 10.8 Å². The molecule has 0 amide bonds. The minimum Gasteiger partial charge on any atom is -0.381 e. The van der Waals surface area contributed by atoms with Crippen LogP contribution in [0.2, 0.25) is 0 Å². The van der Waals surface area contributed by atoms with Crippen LogP contribution in [0, 0.1) is 18.6 Å². The maximum Gasteiger partial charge on any atom is 0.146 e. The van der Waals surface area contributed by atoms with E-state index in [0.717, 1.165) is 52.0 Å². The van der Waals surface area contributed by atoms with E-state index < -0.39 is 11.6 Å². The lowest BCUT2D eigenvalue weighted by molar-refractivity contribution is 0.0220. The maximum absolute atomic E-state index is 14.6. The van der Waals surface area contributed by atoms with E-state index in [2.05, 4.69) is 9.88 Å². The van der Waals surface area contributed by atoms with Crippen LogP contribution in [0.25, 0.3) is 11.4 Å². The number of likely N-dealkylation sites (tertiary alicyclic amines) is 1. The Morgan fingerprint density at radius 1 is 1.04 bits per heavy atom. The number of hydrogen-bond acceptors (Lipinski definition) is 3. The standard InChI is InChI=1S/C20H25F2N3O/c1-14-2-3-17(21)18(19(14)22)20-23-8-11-25(20)16-4-9-24(10-5-16)15-6-12-26-13-7-15/h2-3,8,11,15-16H,4-7,9-10,12-13H2,1H3. The topological polar surface area (TPSA) is 30.3 Å². The third-order valence-electron chi connectivity index (χ3n) is 5.78. The first-order valence-electron chi connectivity index (χ1n) is 9.44. The second-order valence-electron chi connectivity index (χ2n) is 7.32. The van der Waals surface area contributed by atoms with Gasteiger partial charge in [0.25, 0.3) is 0 Å².